The lowest BCUT2D eigenvalue weighted by atomic mass is 10.1. The van der Waals surface area contributed by atoms with Crippen LogP contribution in [0.25, 0.3) is 0 Å². The summed E-state index contributed by atoms with van der Waals surface area (Å²) >= 11 is 11.9. The number of amides is 2. The number of carbonyl (C=O) groups is 3. The van der Waals surface area contributed by atoms with Gasteiger partial charge in [-0.2, -0.15) is 0 Å². The van der Waals surface area contributed by atoms with Crippen LogP contribution in [-0.2, 0) is 20.9 Å². The second-order valence-corrected chi connectivity index (χ2v) is 6.30. The first-order chi connectivity index (χ1) is 10.8. The molecular formula is C15H17Cl2N3O3. The van der Waals surface area contributed by atoms with Gasteiger partial charge in [-0.1, -0.05) is 23.2 Å². The molecule has 0 radical (unpaired) electrons. The number of carbonyl (C=O) groups excluding carboxylic acids is 3. The second kappa shape index (κ2) is 7.29. The zero-order valence-electron chi connectivity index (χ0n) is 12.6. The van der Waals surface area contributed by atoms with Crippen molar-refractivity contribution in [1.82, 2.24) is 9.80 Å². The predicted octanol–water partition coefficient (Wildman–Crippen LogP) is 0.938. The zero-order valence-corrected chi connectivity index (χ0v) is 14.1. The zero-order chi connectivity index (χ0) is 17.1. The molecule has 8 heteroatoms. The van der Waals surface area contributed by atoms with Gasteiger partial charge < -0.3 is 15.5 Å². The van der Waals surface area contributed by atoms with Gasteiger partial charge in [-0.25, -0.2) is 0 Å². The quantitative estimate of drug-likeness (QED) is 0.627. The lowest BCUT2D eigenvalue weighted by Crippen LogP contribution is -2.37. The molecule has 23 heavy (non-hydrogen) atoms. The summed E-state index contributed by atoms with van der Waals surface area (Å²) in [5.74, 6) is -2.71. The fraction of sp³-hybridized carbons (Fsp3) is 0.400. The second-order valence-electron chi connectivity index (χ2n) is 5.43. The van der Waals surface area contributed by atoms with Gasteiger partial charge in [0.2, 0.25) is 11.7 Å². The summed E-state index contributed by atoms with van der Waals surface area (Å²) < 4.78 is 0. The maximum absolute atomic E-state index is 12.5. The average Bonchev–Trinajstić information content (AvgIpc) is 2.74. The highest BCUT2D eigenvalue weighted by molar-refractivity contribution is 6.42. The molecule has 1 aromatic carbocycles. The first-order valence-corrected chi connectivity index (χ1v) is 7.82. The monoisotopic (exact) mass is 357 g/mol. The van der Waals surface area contributed by atoms with E-state index in [1.54, 1.807) is 25.2 Å². The third kappa shape index (κ3) is 4.02. The summed E-state index contributed by atoms with van der Waals surface area (Å²) in [4.78, 5) is 38.9. The molecule has 0 aromatic heterocycles. The fourth-order valence-electron chi connectivity index (χ4n) is 2.55. The van der Waals surface area contributed by atoms with E-state index in [1.807, 2.05) is 0 Å². The Kier molecular flexibility index (Phi) is 5.62. The average molecular weight is 358 g/mol. The molecule has 0 saturated carbocycles. The molecule has 1 fully saturated rings. The molecule has 1 aromatic rings. The molecule has 0 spiro atoms. The Morgan fingerprint density at radius 2 is 1.91 bits per heavy atom. The van der Waals surface area contributed by atoms with Gasteiger partial charge in [0.05, 0.1) is 0 Å². The van der Waals surface area contributed by atoms with Crippen LogP contribution in [0.5, 0.6) is 0 Å². The van der Waals surface area contributed by atoms with E-state index in [4.69, 9.17) is 28.9 Å². The lowest BCUT2D eigenvalue weighted by molar-refractivity contribution is -0.144. The van der Waals surface area contributed by atoms with E-state index in [2.05, 4.69) is 0 Å². The molecule has 124 valence electrons. The SMILES string of the molecule is CN(Cc1cc(Cl)cc(Cl)c1)C(=O)C1CN(CCN)C(=O)C1=O. The Morgan fingerprint density at radius 3 is 2.48 bits per heavy atom. The van der Waals surface area contributed by atoms with E-state index in [1.165, 1.54) is 9.80 Å². The molecule has 0 aliphatic carbocycles. The third-order valence-corrected chi connectivity index (χ3v) is 4.07. The Morgan fingerprint density at radius 1 is 1.30 bits per heavy atom. The Balaban J connectivity index is 2.07. The summed E-state index contributed by atoms with van der Waals surface area (Å²) in [5.41, 5.74) is 6.15. The number of ketones is 1. The van der Waals surface area contributed by atoms with Gasteiger partial charge in [0, 0.05) is 43.3 Å². The van der Waals surface area contributed by atoms with Crippen LogP contribution in [0.15, 0.2) is 18.2 Å². The first kappa shape index (κ1) is 17.7. The van der Waals surface area contributed by atoms with Crippen LogP contribution in [0.4, 0.5) is 0 Å². The number of rotatable bonds is 5. The van der Waals surface area contributed by atoms with Gasteiger partial charge in [0.25, 0.3) is 5.91 Å². The minimum Gasteiger partial charge on any atom is -0.341 e. The van der Waals surface area contributed by atoms with Crippen LogP contribution in [-0.4, -0.2) is 54.1 Å². The minimum absolute atomic E-state index is 0.0777. The van der Waals surface area contributed by atoms with Gasteiger partial charge in [0.1, 0.15) is 5.92 Å². The summed E-state index contributed by atoms with van der Waals surface area (Å²) in [6.07, 6.45) is 0. The summed E-state index contributed by atoms with van der Waals surface area (Å²) in [6.45, 7) is 0.834. The minimum atomic E-state index is -0.978. The molecule has 0 bridgehead atoms. The van der Waals surface area contributed by atoms with Crippen LogP contribution < -0.4 is 5.73 Å². The fourth-order valence-corrected chi connectivity index (χ4v) is 3.12. The van der Waals surface area contributed by atoms with E-state index in [-0.39, 0.29) is 26.2 Å². The molecule has 1 atom stereocenters. The van der Waals surface area contributed by atoms with Crippen molar-refractivity contribution < 1.29 is 14.4 Å². The standard InChI is InChI=1S/C15H17Cl2N3O3/c1-19(7-9-4-10(16)6-11(17)5-9)14(22)12-8-20(3-2-18)15(23)13(12)21/h4-6,12H,2-3,7-8,18H2,1H3. The van der Waals surface area contributed by atoms with Crippen LogP contribution in [0.1, 0.15) is 5.56 Å². The predicted molar refractivity (Wildman–Crippen MR) is 87.1 cm³/mol. The summed E-state index contributed by atoms with van der Waals surface area (Å²) in [6, 6.07) is 4.98. The molecule has 1 saturated heterocycles. The number of nitrogens with zero attached hydrogens (tertiary/aromatic N) is 2. The van der Waals surface area contributed by atoms with Crippen LogP contribution in [0.2, 0.25) is 10.0 Å². The van der Waals surface area contributed by atoms with Crippen molar-refractivity contribution in [1.29, 1.82) is 0 Å². The van der Waals surface area contributed by atoms with Crippen molar-refractivity contribution >= 4 is 40.8 Å². The van der Waals surface area contributed by atoms with E-state index in [0.29, 0.717) is 10.0 Å². The Hall–Kier alpha value is -1.63. The number of hydrogen-bond acceptors (Lipinski definition) is 4. The molecule has 1 aliphatic rings. The number of Topliss-reactive ketones (excluding diaryl/α,β-unsaturated/α-hetero) is 1. The van der Waals surface area contributed by atoms with Crippen LogP contribution >= 0.6 is 23.2 Å². The van der Waals surface area contributed by atoms with Crippen LogP contribution in [0, 0.1) is 5.92 Å². The highest BCUT2D eigenvalue weighted by Gasteiger charge is 2.43. The molecule has 1 unspecified atom stereocenters. The number of likely N-dealkylation sites (tertiary alicyclic amines) is 1. The highest BCUT2D eigenvalue weighted by Crippen LogP contribution is 2.21. The molecule has 6 nitrogen and oxygen atoms in total. The molecular weight excluding hydrogens is 341 g/mol. The largest absolute Gasteiger partial charge is 0.341 e. The van der Waals surface area contributed by atoms with E-state index in [9.17, 15) is 14.4 Å². The van der Waals surface area contributed by atoms with Gasteiger partial charge in [-0.15, -0.1) is 0 Å². The lowest BCUT2D eigenvalue weighted by Gasteiger charge is -2.21. The van der Waals surface area contributed by atoms with Crippen molar-refractivity contribution in [3.8, 4) is 0 Å². The Bertz CT molecular complexity index is 631. The third-order valence-electron chi connectivity index (χ3n) is 3.63. The maximum Gasteiger partial charge on any atom is 0.290 e. The summed E-state index contributed by atoms with van der Waals surface area (Å²) in [5, 5.41) is 0.934. The number of hydrogen-bond donors (Lipinski definition) is 1. The van der Waals surface area contributed by atoms with E-state index in [0.717, 1.165) is 5.56 Å². The number of nitrogens with two attached hydrogens (primary N) is 1. The highest BCUT2D eigenvalue weighted by atomic mass is 35.5. The van der Waals surface area contributed by atoms with Gasteiger partial charge >= 0.3 is 0 Å². The summed E-state index contributed by atoms with van der Waals surface area (Å²) in [7, 11) is 1.57. The van der Waals surface area contributed by atoms with Gasteiger partial charge in [0.15, 0.2) is 0 Å². The molecule has 2 rings (SSSR count). The van der Waals surface area contributed by atoms with Gasteiger partial charge in [-0.05, 0) is 23.8 Å². The molecule has 1 aliphatic heterocycles. The first-order valence-electron chi connectivity index (χ1n) is 7.06. The molecule has 2 N–H and O–H groups in total. The number of benzene rings is 1. The van der Waals surface area contributed by atoms with E-state index < -0.39 is 23.5 Å². The van der Waals surface area contributed by atoms with Crippen molar-refractivity contribution in [3.63, 3.8) is 0 Å². The van der Waals surface area contributed by atoms with E-state index >= 15 is 0 Å². The molecule has 1 heterocycles. The number of halogens is 2. The van der Waals surface area contributed by atoms with Gasteiger partial charge in [-0.3, -0.25) is 14.4 Å². The van der Waals surface area contributed by atoms with Crippen molar-refractivity contribution in [3.05, 3.63) is 33.8 Å². The smallest absolute Gasteiger partial charge is 0.290 e. The van der Waals surface area contributed by atoms with Crippen molar-refractivity contribution in [2.45, 2.75) is 6.54 Å². The maximum atomic E-state index is 12.5. The topological polar surface area (TPSA) is 83.7 Å². The van der Waals surface area contributed by atoms with Crippen molar-refractivity contribution in [2.24, 2.45) is 11.7 Å². The van der Waals surface area contributed by atoms with Crippen LogP contribution in [0.3, 0.4) is 0 Å². The Labute approximate surface area is 144 Å². The molecule has 2 amide bonds. The normalized spacial score (nSPS) is 17.7. The van der Waals surface area contributed by atoms with Crippen molar-refractivity contribution in [2.75, 3.05) is 26.7 Å².